The highest BCUT2D eigenvalue weighted by Crippen LogP contribution is 2.22. The number of sulfonamides is 1. The van der Waals surface area contributed by atoms with E-state index < -0.39 is 10.0 Å². The van der Waals surface area contributed by atoms with Crippen LogP contribution in [0, 0.1) is 0 Å². The molecule has 2 aromatic rings. The van der Waals surface area contributed by atoms with Gasteiger partial charge < -0.3 is 20.3 Å². The highest BCUT2D eigenvalue weighted by atomic mass is 32.2. The van der Waals surface area contributed by atoms with E-state index in [4.69, 9.17) is 4.74 Å². The highest BCUT2D eigenvalue weighted by Gasteiger charge is 2.30. The molecule has 1 atom stereocenters. The quantitative estimate of drug-likeness (QED) is 0.642. The second-order valence-electron chi connectivity index (χ2n) is 7.77. The summed E-state index contributed by atoms with van der Waals surface area (Å²) in [5, 5.41) is 5.67. The van der Waals surface area contributed by atoms with Crippen molar-refractivity contribution in [1.82, 2.24) is 14.5 Å². The summed E-state index contributed by atoms with van der Waals surface area (Å²) in [6.45, 7) is 6.69. The zero-order valence-corrected chi connectivity index (χ0v) is 19.9. The Labute approximate surface area is 194 Å². The van der Waals surface area contributed by atoms with Crippen molar-refractivity contribution in [3.63, 3.8) is 0 Å². The number of hydrogen-bond donors (Lipinski definition) is 2. The summed E-state index contributed by atoms with van der Waals surface area (Å²) in [6.07, 6.45) is 0. The third kappa shape index (κ3) is 6.23. The largest absolute Gasteiger partial charge is 0.494 e. The van der Waals surface area contributed by atoms with Gasteiger partial charge >= 0.3 is 6.03 Å². The van der Waals surface area contributed by atoms with Crippen LogP contribution in [0.3, 0.4) is 0 Å². The molecule has 10 heteroatoms. The number of nitrogens with one attached hydrogen (secondary N) is 2. The van der Waals surface area contributed by atoms with Gasteiger partial charge in [0.2, 0.25) is 15.9 Å². The van der Waals surface area contributed by atoms with Crippen molar-refractivity contribution in [1.29, 1.82) is 0 Å². The molecule has 2 aromatic carbocycles. The number of piperazine rings is 1. The Balaban J connectivity index is 1.56. The lowest BCUT2D eigenvalue weighted by Crippen LogP contribution is -2.53. The molecule has 33 heavy (non-hydrogen) atoms. The molecule has 1 heterocycles. The molecular weight excluding hydrogens is 444 g/mol. The fourth-order valence-corrected chi connectivity index (χ4v) is 5.03. The number of benzene rings is 2. The average molecular weight is 475 g/mol. The van der Waals surface area contributed by atoms with E-state index in [0.29, 0.717) is 31.1 Å². The second-order valence-corrected chi connectivity index (χ2v) is 9.71. The molecule has 9 nitrogen and oxygen atoms in total. The molecular formula is C23H30N4O5S. The molecule has 1 fully saturated rings. The van der Waals surface area contributed by atoms with Gasteiger partial charge in [-0.05, 0) is 55.8 Å². The van der Waals surface area contributed by atoms with Gasteiger partial charge in [-0.1, -0.05) is 12.1 Å². The lowest BCUT2D eigenvalue weighted by Gasteiger charge is -2.34. The number of ether oxygens (including phenoxy) is 1. The molecule has 3 amide bonds. The van der Waals surface area contributed by atoms with Crippen molar-refractivity contribution in [3.05, 3.63) is 54.1 Å². The van der Waals surface area contributed by atoms with E-state index in [1.54, 1.807) is 23.1 Å². The molecule has 178 valence electrons. The normalized spacial score (nSPS) is 15.5. The van der Waals surface area contributed by atoms with Gasteiger partial charge in [0.05, 0.1) is 17.5 Å². The van der Waals surface area contributed by atoms with Crippen molar-refractivity contribution in [2.75, 3.05) is 38.1 Å². The van der Waals surface area contributed by atoms with E-state index in [2.05, 4.69) is 10.6 Å². The smallest absolute Gasteiger partial charge is 0.317 e. The van der Waals surface area contributed by atoms with E-state index in [9.17, 15) is 18.0 Å². The van der Waals surface area contributed by atoms with Gasteiger partial charge in [-0.2, -0.15) is 4.31 Å². The first kappa shape index (κ1) is 24.5. The predicted molar refractivity (Wildman–Crippen MR) is 126 cm³/mol. The summed E-state index contributed by atoms with van der Waals surface area (Å²) >= 11 is 0. The highest BCUT2D eigenvalue weighted by molar-refractivity contribution is 7.89. The molecule has 3 rings (SSSR count). The molecule has 1 aliphatic rings. The van der Waals surface area contributed by atoms with Crippen molar-refractivity contribution in [3.8, 4) is 5.75 Å². The van der Waals surface area contributed by atoms with Gasteiger partial charge in [-0.3, -0.25) is 4.79 Å². The van der Waals surface area contributed by atoms with Crippen molar-refractivity contribution in [2.24, 2.45) is 0 Å². The third-order valence-corrected chi connectivity index (χ3v) is 7.26. The first-order valence-corrected chi connectivity index (χ1v) is 12.3. The monoisotopic (exact) mass is 474 g/mol. The maximum atomic E-state index is 12.9. The Morgan fingerprint density at radius 2 is 1.73 bits per heavy atom. The Morgan fingerprint density at radius 1 is 1.06 bits per heavy atom. The van der Waals surface area contributed by atoms with E-state index >= 15 is 0 Å². The predicted octanol–water partition coefficient (Wildman–Crippen LogP) is 2.82. The zero-order chi connectivity index (χ0) is 24.0. The maximum Gasteiger partial charge on any atom is 0.317 e. The van der Waals surface area contributed by atoms with Crippen LogP contribution >= 0.6 is 0 Å². The number of hydrogen-bond acceptors (Lipinski definition) is 5. The fraction of sp³-hybridized carbons (Fsp3) is 0.391. The Bertz CT molecular complexity index is 1080. The lowest BCUT2D eigenvalue weighted by atomic mass is 10.1. The average Bonchev–Trinajstić information content (AvgIpc) is 2.79. The standard InChI is InChI=1S/C23H30N4O5S/c1-4-32-21-8-10-22(11-9-21)33(30,31)27-14-12-26(13-15-27)23(29)24-17(2)19-6-5-7-20(16-19)25-18(3)28/h5-11,16-17H,4,12-15H2,1-3H3,(H,24,29)(H,25,28). The first-order valence-electron chi connectivity index (χ1n) is 10.9. The summed E-state index contributed by atoms with van der Waals surface area (Å²) in [7, 11) is -3.64. The summed E-state index contributed by atoms with van der Waals surface area (Å²) in [5.41, 5.74) is 1.51. The van der Waals surface area contributed by atoms with Crippen LogP contribution in [0.25, 0.3) is 0 Å². The van der Waals surface area contributed by atoms with Crippen LogP contribution in [0.1, 0.15) is 32.4 Å². The van der Waals surface area contributed by atoms with E-state index in [0.717, 1.165) is 5.56 Å². The molecule has 2 N–H and O–H groups in total. The van der Waals surface area contributed by atoms with Crippen LogP contribution in [-0.2, 0) is 14.8 Å². The van der Waals surface area contributed by atoms with Crippen molar-refractivity contribution < 1.29 is 22.7 Å². The maximum absolute atomic E-state index is 12.9. The number of carbonyl (C=O) groups is 2. The van der Waals surface area contributed by atoms with Gasteiger partial charge in [0, 0.05) is 38.8 Å². The number of anilines is 1. The number of urea groups is 1. The Kier molecular flexibility index (Phi) is 7.93. The third-order valence-electron chi connectivity index (χ3n) is 5.35. The Hall–Kier alpha value is -3.11. The fourth-order valence-electron chi connectivity index (χ4n) is 3.60. The molecule has 0 spiro atoms. The molecule has 0 bridgehead atoms. The zero-order valence-electron chi connectivity index (χ0n) is 19.1. The van der Waals surface area contributed by atoms with Crippen molar-refractivity contribution >= 4 is 27.6 Å². The SMILES string of the molecule is CCOc1ccc(S(=O)(=O)N2CCN(C(=O)NC(C)c3cccc(NC(C)=O)c3)CC2)cc1. The molecule has 0 saturated carbocycles. The van der Waals surface area contributed by atoms with Crippen LogP contribution in [0.4, 0.5) is 10.5 Å². The molecule has 0 radical (unpaired) electrons. The van der Waals surface area contributed by atoms with Crippen LogP contribution < -0.4 is 15.4 Å². The molecule has 0 aromatic heterocycles. The van der Waals surface area contributed by atoms with Crippen LogP contribution in [-0.4, -0.2) is 62.3 Å². The number of nitrogens with zero attached hydrogens (tertiary/aromatic N) is 2. The summed E-state index contributed by atoms with van der Waals surface area (Å²) < 4.78 is 32.6. The number of rotatable bonds is 7. The number of carbonyl (C=O) groups excluding carboxylic acids is 2. The van der Waals surface area contributed by atoms with Gasteiger partial charge in [-0.25, -0.2) is 13.2 Å². The van der Waals surface area contributed by atoms with Gasteiger partial charge in [-0.15, -0.1) is 0 Å². The van der Waals surface area contributed by atoms with Crippen LogP contribution in [0.15, 0.2) is 53.4 Å². The van der Waals surface area contributed by atoms with Gasteiger partial charge in [0.1, 0.15) is 5.75 Å². The topological polar surface area (TPSA) is 108 Å². The lowest BCUT2D eigenvalue weighted by molar-refractivity contribution is -0.114. The summed E-state index contributed by atoms with van der Waals surface area (Å²) in [6, 6.07) is 13.1. The molecule has 1 aliphatic heterocycles. The minimum Gasteiger partial charge on any atom is -0.494 e. The molecule has 1 unspecified atom stereocenters. The van der Waals surface area contributed by atoms with E-state index in [1.165, 1.54) is 23.4 Å². The second kappa shape index (κ2) is 10.7. The first-order chi connectivity index (χ1) is 15.7. The summed E-state index contributed by atoms with van der Waals surface area (Å²) in [5.74, 6) is 0.455. The van der Waals surface area contributed by atoms with E-state index in [1.807, 2.05) is 32.0 Å². The van der Waals surface area contributed by atoms with Gasteiger partial charge in [0.15, 0.2) is 0 Å². The summed E-state index contributed by atoms with van der Waals surface area (Å²) in [4.78, 5) is 25.8. The van der Waals surface area contributed by atoms with Crippen molar-refractivity contribution in [2.45, 2.75) is 31.7 Å². The van der Waals surface area contributed by atoms with Crippen LogP contribution in [0.2, 0.25) is 0 Å². The minimum atomic E-state index is -3.64. The van der Waals surface area contributed by atoms with Gasteiger partial charge in [0.25, 0.3) is 0 Å². The Morgan fingerprint density at radius 3 is 2.33 bits per heavy atom. The van der Waals surface area contributed by atoms with Crippen LogP contribution in [0.5, 0.6) is 5.75 Å². The minimum absolute atomic E-state index is 0.165. The molecule has 0 aliphatic carbocycles. The molecule has 1 saturated heterocycles. The van der Waals surface area contributed by atoms with E-state index in [-0.39, 0.29) is 36.0 Å². The number of amides is 3.